The van der Waals surface area contributed by atoms with Crippen LogP contribution in [0.15, 0.2) is 72.9 Å². The number of hydrogen-bond donors (Lipinski definition) is 2. The van der Waals surface area contributed by atoms with Crippen molar-refractivity contribution in [1.29, 1.82) is 0 Å². The number of hydrogen-bond acceptors (Lipinski definition) is 3. The lowest BCUT2D eigenvalue weighted by Crippen LogP contribution is -2.26. The van der Waals surface area contributed by atoms with Gasteiger partial charge in [0.05, 0.1) is 0 Å². The maximum Gasteiger partial charge on any atom is 0.270 e. The Kier molecular flexibility index (Phi) is 5.94. The third kappa shape index (κ3) is 5.25. The van der Waals surface area contributed by atoms with Crippen molar-refractivity contribution in [2.24, 2.45) is 0 Å². The lowest BCUT2D eigenvalue weighted by Gasteiger charge is -2.08. The van der Waals surface area contributed by atoms with E-state index in [0.29, 0.717) is 18.7 Å². The average Bonchev–Trinajstić information content (AvgIpc) is 2.72. The zero-order valence-electron chi connectivity index (χ0n) is 15.1. The molecule has 3 rings (SSSR count). The molecule has 0 spiro atoms. The maximum atomic E-state index is 12.3. The Morgan fingerprint density at radius 1 is 0.815 bits per heavy atom. The molecule has 3 aromatic rings. The van der Waals surface area contributed by atoms with Crippen molar-refractivity contribution in [2.75, 3.05) is 0 Å². The SMILES string of the molecule is Cc1ccc(CNC(=O)c2cc(C(=O)NCc3ccccc3)ccn2)cc1. The third-order valence-electron chi connectivity index (χ3n) is 4.12. The van der Waals surface area contributed by atoms with Gasteiger partial charge in [-0.1, -0.05) is 60.2 Å². The number of nitrogens with one attached hydrogen (secondary N) is 2. The van der Waals surface area contributed by atoms with Crippen molar-refractivity contribution >= 4 is 11.8 Å². The predicted octanol–water partition coefficient (Wildman–Crippen LogP) is 3.25. The summed E-state index contributed by atoms with van der Waals surface area (Å²) in [6.07, 6.45) is 1.47. The molecule has 2 amide bonds. The van der Waals surface area contributed by atoms with E-state index >= 15 is 0 Å². The number of rotatable bonds is 6. The Bertz CT molecular complexity index is 922. The fourth-order valence-corrected chi connectivity index (χ4v) is 2.56. The highest BCUT2D eigenvalue weighted by Gasteiger charge is 2.11. The number of carbonyl (C=O) groups excluding carboxylic acids is 2. The Morgan fingerprint density at radius 2 is 1.44 bits per heavy atom. The predicted molar refractivity (Wildman–Crippen MR) is 104 cm³/mol. The first-order valence-electron chi connectivity index (χ1n) is 8.74. The molecular formula is C22H21N3O2. The van der Waals surface area contributed by atoms with E-state index in [2.05, 4.69) is 15.6 Å². The molecular weight excluding hydrogens is 338 g/mol. The van der Waals surface area contributed by atoms with E-state index in [1.165, 1.54) is 17.8 Å². The summed E-state index contributed by atoms with van der Waals surface area (Å²) in [7, 11) is 0. The Hall–Kier alpha value is -3.47. The van der Waals surface area contributed by atoms with Crippen LogP contribution < -0.4 is 10.6 Å². The Balaban J connectivity index is 1.59. The summed E-state index contributed by atoms with van der Waals surface area (Å²) in [4.78, 5) is 28.7. The zero-order chi connectivity index (χ0) is 19.1. The normalized spacial score (nSPS) is 10.3. The van der Waals surface area contributed by atoms with Gasteiger partial charge in [0.15, 0.2) is 0 Å². The van der Waals surface area contributed by atoms with Crippen molar-refractivity contribution in [3.63, 3.8) is 0 Å². The van der Waals surface area contributed by atoms with Crippen molar-refractivity contribution < 1.29 is 9.59 Å². The monoisotopic (exact) mass is 359 g/mol. The van der Waals surface area contributed by atoms with Gasteiger partial charge in [-0.15, -0.1) is 0 Å². The molecule has 0 bridgehead atoms. The van der Waals surface area contributed by atoms with Gasteiger partial charge in [-0.2, -0.15) is 0 Å². The van der Waals surface area contributed by atoms with Gasteiger partial charge in [-0.05, 0) is 30.2 Å². The van der Waals surface area contributed by atoms with E-state index < -0.39 is 0 Å². The van der Waals surface area contributed by atoms with Crippen LogP contribution in [-0.2, 0) is 13.1 Å². The molecule has 0 atom stereocenters. The third-order valence-corrected chi connectivity index (χ3v) is 4.12. The highest BCUT2D eigenvalue weighted by molar-refractivity contribution is 5.98. The van der Waals surface area contributed by atoms with Crippen LogP contribution in [0.1, 0.15) is 37.5 Å². The minimum absolute atomic E-state index is 0.217. The van der Waals surface area contributed by atoms with Crippen LogP contribution in [0.5, 0.6) is 0 Å². The van der Waals surface area contributed by atoms with E-state index in [1.54, 1.807) is 6.07 Å². The van der Waals surface area contributed by atoms with Crippen LogP contribution in [-0.4, -0.2) is 16.8 Å². The lowest BCUT2D eigenvalue weighted by molar-refractivity contribution is 0.0946. The van der Waals surface area contributed by atoms with Crippen molar-refractivity contribution in [1.82, 2.24) is 15.6 Å². The molecule has 1 heterocycles. The molecule has 0 saturated carbocycles. The number of carbonyl (C=O) groups is 2. The fourth-order valence-electron chi connectivity index (χ4n) is 2.56. The molecule has 0 aliphatic carbocycles. The van der Waals surface area contributed by atoms with Crippen molar-refractivity contribution in [2.45, 2.75) is 20.0 Å². The molecule has 2 N–H and O–H groups in total. The van der Waals surface area contributed by atoms with Gasteiger partial charge < -0.3 is 10.6 Å². The number of pyridine rings is 1. The van der Waals surface area contributed by atoms with E-state index in [1.807, 2.05) is 61.5 Å². The van der Waals surface area contributed by atoms with Gasteiger partial charge in [0, 0.05) is 24.8 Å². The van der Waals surface area contributed by atoms with E-state index in [4.69, 9.17) is 0 Å². The standard InChI is InChI=1S/C22H21N3O2/c1-16-7-9-18(10-8-16)15-25-22(27)20-13-19(11-12-23-20)21(26)24-14-17-5-3-2-4-6-17/h2-13H,14-15H2,1H3,(H,24,26)(H,25,27). The van der Waals surface area contributed by atoms with Gasteiger partial charge in [0.25, 0.3) is 11.8 Å². The van der Waals surface area contributed by atoms with Gasteiger partial charge in [0.1, 0.15) is 5.69 Å². The van der Waals surface area contributed by atoms with Crippen LogP contribution in [0.2, 0.25) is 0 Å². The summed E-state index contributed by atoms with van der Waals surface area (Å²) in [5.74, 6) is -0.554. The minimum atomic E-state index is -0.312. The first-order chi connectivity index (χ1) is 13.1. The summed E-state index contributed by atoms with van der Waals surface area (Å²) in [6.45, 7) is 2.85. The molecule has 0 saturated heterocycles. The van der Waals surface area contributed by atoms with Gasteiger partial charge in [-0.3, -0.25) is 14.6 Å². The molecule has 136 valence electrons. The second-order valence-electron chi connectivity index (χ2n) is 6.27. The molecule has 5 heteroatoms. The molecule has 27 heavy (non-hydrogen) atoms. The van der Waals surface area contributed by atoms with E-state index in [-0.39, 0.29) is 17.5 Å². The fraction of sp³-hybridized carbons (Fsp3) is 0.136. The Labute approximate surface area is 158 Å². The molecule has 5 nitrogen and oxygen atoms in total. The molecule has 0 radical (unpaired) electrons. The highest BCUT2D eigenvalue weighted by Crippen LogP contribution is 2.06. The van der Waals surface area contributed by atoms with Crippen LogP contribution in [0.4, 0.5) is 0 Å². The number of amides is 2. The average molecular weight is 359 g/mol. The van der Waals surface area contributed by atoms with Crippen LogP contribution in [0.3, 0.4) is 0 Å². The molecule has 2 aromatic carbocycles. The van der Waals surface area contributed by atoms with Crippen molar-refractivity contribution in [3.05, 3.63) is 101 Å². The summed E-state index contributed by atoms with van der Waals surface area (Å²) in [6, 6.07) is 20.7. The smallest absolute Gasteiger partial charge is 0.270 e. The molecule has 0 aliphatic rings. The molecule has 0 fully saturated rings. The zero-order valence-corrected chi connectivity index (χ0v) is 15.1. The number of aryl methyl sites for hydroxylation is 1. The molecule has 0 unspecified atom stereocenters. The van der Waals surface area contributed by atoms with Crippen LogP contribution >= 0.6 is 0 Å². The maximum absolute atomic E-state index is 12.3. The molecule has 0 aliphatic heterocycles. The Morgan fingerprint density at radius 3 is 2.15 bits per heavy atom. The lowest BCUT2D eigenvalue weighted by atomic mass is 10.1. The summed E-state index contributed by atoms with van der Waals surface area (Å²) in [5.41, 5.74) is 3.80. The topological polar surface area (TPSA) is 71.1 Å². The molecule has 1 aromatic heterocycles. The van der Waals surface area contributed by atoms with Gasteiger partial charge in [0.2, 0.25) is 0 Å². The van der Waals surface area contributed by atoms with Crippen LogP contribution in [0, 0.1) is 6.92 Å². The van der Waals surface area contributed by atoms with Crippen molar-refractivity contribution in [3.8, 4) is 0 Å². The number of benzene rings is 2. The largest absolute Gasteiger partial charge is 0.348 e. The second kappa shape index (κ2) is 8.76. The van der Waals surface area contributed by atoms with E-state index in [9.17, 15) is 9.59 Å². The van der Waals surface area contributed by atoms with Crippen LogP contribution in [0.25, 0.3) is 0 Å². The van der Waals surface area contributed by atoms with E-state index in [0.717, 1.165) is 11.1 Å². The first kappa shape index (κ1) is 18.3. The quantitative estimate of drug-likeness (QED) is 0.710. The second-order valence-corrected chi connectivity index (χ2v) is 6.27. The summed E-state index contributed by atoms with van der Waals surface area (Å²) < 4.78 is 0. The first-order valence-corrected chi connectivity index (χ1v) is 8.74. The highest BCUT2D eigenvalue weighted by atomic mass is 16.2. The van der Waals surface area contributed by atoms with Gasteiger partial charge in [-0.25, -0.2) is 0 Å². The van der Waals surface area contributed by atoms with Gasteiger partial charge >= 0.3 is 0 Å². The summed E-state index contributed by atoms with van der Waals surface area (Å²) >= 11 is 0. The number of nitrogens with zero attached hydrogens (tertiary/aromatic N) is 1. The summed E-state index contributed by atoms with van der Waals surface area (Å²) in [5, 5.41) is 5.67. The number of aromatic nitrogens is 1. The minimum Gasteiger partial charge on any atom is -0.348 e.